The Morgan fingerprint density at radius 3 is 2.67 bits per heavy atom. The van der Waals surface area contributed by atoms with Crippen molar-refractivity contribution in [1.82, 2.24) is 15.0 Å². The van der Waals surface area contributed by atoms with Gasteiger partial charge in [0.15, 0.2) is 0 Å². The standard InChI is InChI=1S/C12H15IN4S/c1-4-8-11(13)12(14-3)17-9(16-8)5-10-15-7(2)6-18-10/h6H,4-5H2,1-3H3,(H,14,16,17). The van der Waals surface area contributed by atoms with Gasteiger partial charge in [0.05, 0.1) is 15.7 Å². The van der Waals surface area contributed by atoms with Gasteiger partial charge in [-0.3, -0.25) is 0 Å². The fourth-order valence-electron chi connectivity index (χ4n) is 1.64. The fraction of sp³-hybridized carbons (Fsp3) is 0.417. The van der Waals surface area contributed by atoms with Gasteiger partial charge in [-0.2, -0.15) is 0 Å². The predicted molar refractivity (Wildman–Crippen MR) is 83.3 cm³/mol. The molecule has 18 heavy (non-hydrogen) atoms. The Labute approximate surface area is 124 Å². The maximum absolute atomic E-state index is 4.61. The molecule has 0 saturated carbocycles. The van der Waals surface area contributed by atoms with E-state index < -0.39 is 0 Å². The fourth-order valence-corrected chi connectivity index (χ4v) is 3.30. The van der Waals surface area contributed by atoms with E-state index in [0.29, 0.717) is 6.42 Å². The van der Waals surface area contributed by atoms with Crippen molar-refractivity contribution in [3.05, 3.63) is 31.2 Å². The van der Waals surface area contributed by atoms with Crippen molar-refractivity contribution in [2.24, 2.45) is 0 Å². The number of halogens is 1. The molecule has 96 valence electrons. The van der Waals surface area contributed by atoms with Crippen molar-refractivity contribution in [2.45, 2.75) is 26.7 Å². The normalized spacial score (nSPS) is 10.7. The zero-order valence-electron chi connectivity index (χ0n) is 10.6. The molecule has 6 heteroatoms. The summed E-state index contributed by atoms with van der Waals surface area (Å²) in [6.45, 7) is 4.12. The van der Waals surface area contributed by atoms with Crippen LogP contribution in [0, 0.1) is 10.5 Å². The van der Waals surface area contributed by atoms with E-state index in [1.165, 1.54) is 0 Å². The van der Waals surface area contributed by atoms with Crippen molar-refractivity contribution in [3.63, 3.8) is 0 Å². The third-order valence-corrected chi connectivity index (χ3v) is 4.61. The van der Waals surface area contributed by atoms with Crippen molar-refractivity contribution in [2.75, 3.05) is 12.4 Å². The molecule has 2 rings (SSSR count). The molecule has 0 fully saturated rings. The van der Waals surface area contributed by atoms with Gasteiger partial charge in [0, 0.05) is 18.1 Å². The Morgan fingerprint density at radius 1 is 1.33 bits per heavy atom. The lowest BCUT2D eigenvalue weighted by Crippen LogP contribution is -2.07. The van der Waals surface area contributed by atoms with E-state index in [-0.39, 0.29) is 0 Å². The maximum Gasteiger partial charge on any atom is 0.143 e. The number of aryl methyl sites for hydroxylation is 2. The molecule has 1 N–H and O–H groups in total. The molecule has 0 aliphatic heterocycles. The quantitative estimate of drug-likeness (QED) is 0.836. The summed E-state index contributed by atoms with van der Waals surface area (Å²) in [5.41, 5.74) is 2.16. The highest BCUT2D eigenvalue weighted by Crippen LogP contribution is 2.21. The Morgan fingerprint density at radius 2 is 2.11 bits per heavy atom. The molecule has 0 atom stereocenters. The van der Waals surface area contributed by atoms with Crippen molar-refractivity contribution in [1.29, 1.82) is 0 Å². The summed E-state index contributed by atoms with van der Waals surface area (Å²) in [5, 5.41) is 6.25. The SMILES string of the molecule is CCc1nc(Cc2nc(C)cs2)nc(NC)c1I. The van der Waals surface area contributed by atoms with Crippen LogP contribution in [0.3, 0.4) is 0 Å². The first-order chi connectivity index (χ1) is 8.63. The summed E-state index contributed by atoms with van der Waals surface area (Å²) in [6.07, 6.45) is 1.62. The number of anilines is 1. The summed E-state index contributed by atoms with van der Waals surface area (Å²) >= 11 is 3.95. The number of nitrogens with zero attached hydrogens (tertiary/aromatic N) is 3. The number of nitrogens with one attached hydrogen (secondary N) is 1. The molecule has 0 spiro atoms. The van der Waals surface area contributed by atoms with Crippen LogP contribution in [-0.2, 0) is 12.8 Å². The van der Waals surface area contributed by atoms with Gasteiger partial charge in [-0.05, 0) is 35.9 Å². The van der Waals surface area contributed by atoms with Crippen LogP contribution in [0.15, 0.2) is 5.38 Å². The third-order valence-electron chi connectivity index (χ3n) is 2.51. The van der Waals surface area contributed by atoms with Crippen LogP contribution in [0.2, 0.25) is 0 Å². The Balaban J connectivity index is 2.33. The van der Waals surface area contributed by atoms with E-state index in [0.717, 1.165) is 38.0 Å². The van der Waals surface area contributed by atoms with Crippen LogP contribution >= 0.6 is 33.9 Å². The molecule has 0 saturated heterocycles. The molecule has 0 amide bonds. The van der Waals surface area contributed by atoms with Gasteiger partial charge in [0.25, 0.3) is 0 Å². The first-order valence-electron chi connectivity index (χ1n) is 5.78. The largest absolute Gasteiger partial charge is 0.372 e. The second kappa shape index (κ2) is 5.92. The van der Waals surface area contributed by atoms with Gasteiger partial charge in [-0.1, -0.05) is 6.92 Å². The van der Waals surface area contributed by atoms with E-state index in [1.807, 2.05) is 14.0 Å². The summed E-state index contributed by atoms with van der Waals surface area (Å²) in [7, 11) is 1.89. The molecule has 0 bridgehead atoms. The molecule has 0 aliphatic carbocycles. The Kier molecular flexibility index (Phi) is 4.50. The van der Waals surface area contributed by atoms with Crippen LogP contribution < -0.4 is 5.32 Å². The van der Waals surface area contributed by atoms with Gasteiger partial charge in [-0.15, -0.1) is 11.3 Å². The monoisotopic (exact) mass is 374 g/mol. The van der Waals surface area contributed by atoms with Crippen molar-refractivity contribution >= 4 is 39.7 Å². The molecular weight excluding hydrogens is 359 g/mol. The lowest BCUT2D eigenvalue weighted by molar-refractivity contribution is 0.891. The van der Waals surface area contributed by atoms with Gasteiger partial charge in [0.1, 0.15) is 16.6 Å². The number of thiazole rings is 1. The number of aromatic nitrogens is 3. The van der Waals surface area contributed by atoms with E-state index in [2.05, 4.69) is 55.2 Å². The third kappa shape index (κ3) is 2.97. The van der Waals surface area contributed by atoms with E-state index >= 15 is 0 Å². The lowest BCUT2D eigenvalue weighted by Gasteiger charge is -2.09. The molecule has 0 unspecified atom stereocenters. The minimum Gasteiger partial charge on any atom is -0.372 e. The smallest absolute Gasteiger partial charge is 0.143 e. The lowest BCUT2D eigenvalue weighted by atomic mass is 10.3. The second-order valence-corrected chi connectivity index (χ2v) is 5.93. The Bertz CT molecular complexity index is 528. The molecule has 2 heterocycles. The highest BCUT2D eigenvalue weighted by Gasteiger charge is 2.11. The average Bonchev–Trinajstić information content (AvgIpc) is 2.76. The molecule has 2 aromatic rings. The van der Waals surface area contributed by atoms with E-state index in [9.17, 15) is 0 Å². The summed E-state index contributed by atoms with van der Waals surface area (Å²) in [5.74, 6) is 1.75. The number of hydrogen-bond donors (Lipinski definition) is 1. The summed E-state index contributed by atoms with van der Waals surface area (Å²) in [4.78, 5) is 13.6. The van der Waals surface area contributed by atoms with Crippen LogP contribution in [0.4, 0.5) is 5.82 Å². The highest BCUT2D eigenvalue weighted by molar-refractivity contribution is 14.1. The predicted octanol–water partition coefficient (Wildman–Crippen LogP) is 3.04. The van der Waals surface area contributed by atoms with Gasteiger partial charge in [0.2, 0.25) is 0 Å². The van der Waals surface area contributed by atoms with E-state index in [1.54, 1.807) is 11.3 Å². The minimum atomic E-state index is 0.705. The molecule has 0 aromatic carbocycles. The molecule has 0 aliphatic rings. The first-order valence-corrected chi connectivity index (χ1v) is 7.74. The molecule has 2 aromatic heterocycles. The summed E-state index contributed by atoms with van der Waals surface area (Å²) in [6, 6.07) is 0. The number of hydrogen-bond acceptors (Lipinski definition) is 5. The average molecular weight is 374 g/mol. The zero-order chi connectivity index (χ0) is 13.1. The van der Waals surface area contributed by atoms with Crippen LogP contribution in [0.25, 0.3) is 0 Å². The minimum absolute atomic E-state index is 0.705. The molecular formula is C12H15IN4S. The highest BCUT2D eigenvalue weighted by atomic mass is 127. The zero-order valence-corrected chi connectivity index (χ0v) is 13.6. The van der Waals surface area contributed by atoms with Crippen LogP contribution in [-0.4, -0.2) is 22.0 Å². The van der Waals surface area contributed by atoms with E-state index in [4.69, 9.17) is 0 Å². The molecule has 0 radical (unpaired) electrons. The van der Waals surface area contributed by atoms with Gasteiger partial charge < -0.3 is 5.32 Å². The van der Waals surface area contributed by atoms with Crippen molar-refractivity contribution in [3.8, 4) is 0 Å². The second-order valence-electron chi connectivity index (χ2n) is 3.91. The summed E-state index contributed by atoms with van der Waals surface area (Å²) < 4.78 is 1.11. The number of rotatable bonds is 4. The first kappa shape index (κ1) is 13.7. The van der Waals surface area contributed by atoms with Gasteiger partial charge in [-0.25, -0.2) is 15.0 Å². The molecule has 4 nitrogen and oxygen atoms in total. The van der Waals surface area contributed by atoms with Crippen LogP contribution in [0.5, 0.6) is 0 Å². The Hall–Kier alpha value is -0.760. The topological polar surface area (TPSA) is 50.7 Å². The van der Waals surface area contributed by atoms with Gasteiger partial charge >= 0.3 is 0 Å². The van der Waals surface area contributed by atoms with Crippen LogP contribution in [0.1, 0.15) is 29.1 Å². The van der Waals surface area contributed by atoms with Crippen molar-refractivity contribution < 1.29 is 0 Å². The maximum atomic E-state index is 4.61.